The topological polar surface area (TPSA) is 114 Å². The molecule has 1 aromatic heterocycles. The summed E-state index contributed by atoms with van der Waals surface area (Å²) in [6.45, 7) is -0.772. The van der Waals surface area contributed by atoms with Crippen molar-refractivity contribution in [1.82, 2.24) is 16.0 Å². The predicted octanol–water partition coefficient (Wildman–Crippen LogP) is 2.40. The Labute approximate surface area is 180 Å². The summed E-state index contributed by atoms with van der Waals surface area (Å²) in [5, 5.41) is 9.31. The zero-order valence-electron chi connectivity index (χ0n) is 15.0. The molecule has 0 saturated heterocycles. The third-order valence-corrected chi connectivity index (χ3v) is 4.91. The molecule has 29 heavy (non-hydrogen) atoms. The number of thiophene rings is 1. The Balaban J connectivity index is 1.63. The van der Waals surface area contributed by atoms with Gasteiger partial charge < -0.3 is 15.4 Å². The predicted molar refractivity (Wildman–Crippen MR) is 109 cm³/mol. The van der Waals surface area contributed by atoms with Gasteiger partial charge >= 0.3 is 12.0 Å². The van der Waals surface area contributed by atoms with Gasteiger partial charge in [0, 0.05) is 16.4 Å². The Bertz CT molecular complexity index is 890. The summed E-state index contributed by atoms with van der Waals surface area (Å²) in [5.74, 6) is -2.24. The van der Waals surface area contributed by atoms with E-state index in [1.807, 2.05) is 22.8 Å². The van der Waals surface area contributed by atoms with Crippen LogP contribution in [0.4, 0.5) is 4.79 Å². The van der Waals surface area contributed by atoms with Crippen LogP contribution in [0.1, 0.15) is 15.2 Å². The molecule has 11 heteroatoms. The summed E-state index contributed by atoms with van der Waals surface area (Å²) in [4.78, 5) is 47.9. The van der Waals surface area contributed by atoms with Gasteiger partial charge in [0.2, 0.25) is 0 Å². The third kappa shape index (κ3) is 8.10. The van der Waals surface area contributed by atoms with Crippen molar-refractivity contribution < 1.29 is 23.9 Å². The van der Waals surface area contributed by atoms with E-state index in [4.69, 9.17) is 27.9 Å². The second-order valence-corrected chi connectivity index (χ2v) is 7.48. The number of benzene rings is 1. The Morgan fingerprint density at radius 1 is 1.07 bits per heavy atom. The summed E-state index contributed by atoms with van der Waals surface area (Å²) >= 11 is 13.2. The van der Waals surface area contributed by atoms with Crippen molar-refractivity contribution in [3.8, 4) is 0 Å². The van der Waals surface area contributed by atoms with Crippen LogP contribution in [0.2, 0.25) is 10.0 Å². The van der Waals surface area contributed by atoms with Crippen LogP contribution in [-0.4, -0.2) is 43.5 Å². The summed E-state index contributed by atoms with van der Waals surface area (Å²) in [7, 11) is 0. The SMILES string of the molecule is O=C(COC(=O)CNC(=O)c1ccc(Cl)cc1Cl)NC(=O)NCCc1cccs1. The maximum absolute atomic E-state index is 12.0. The van der Waals surface area contributed by atoms with Crippen LogP contribution < -0.4 is 16.0 Å². The minimum Gasteiger partial charge on any atom is -0.454 e. The lowest BCUT2D eigenvalue weighted by atomic mass is 10.2. The first-order valence-electron chi connectivity index (χ1n) is 8.34. The van der Waals surface area contributed by atoms with Crippen LogP contribution in [0, 0.1) is 0 Å². The largest absolute Gasteiger partial charge is 0.454 e. The highest BCUT2D eigenvalue weighted by molar-refractivity contribution is 7.09. The van der Waals surface area contributed by atoms with Crippen LogP contribution >= 0.6 is 34.5 Å². The molecule has 8 nitrogen and oxygen atoms in total. The Kier molecular flexibility index (Phi) is 8.91. The normalized spacial score (nSPS) is 10.1. The van der Waals surface area contributed by atoms with E-state index in [-0.39, 0.29) is 10.6 Å². The summed E-state index contributed by atoms with van der Waals surface area (Å²) in [6.07, 6.45) is 0.644. The van der Waals surface area contributed by atoms with Gasteiger partial charge in [-0.25, -0.2) is 4.79 Å². The maximum Gasteiger partial charge on any atom is 0.325 e. The highest BCUT2D eigenvalue weighted by Gasteiger charge is 2.14. The van der Waals surface area contributed by atoms with Gasteiger partial charge in [-0.05, 0) is 36.1 Å². The number of halogens is 2. The fourth-order valence-electron chi connectivity index (χ4n) is 2.08. The molecule has 0 saturated carbocycles. The molecule has 0 bridgehead atoms. The lowest BCUT2D eigenvalue weighted by Crippen LogP contribution is -2.42. The summed E-state index contributed by atoms with van der Waals surface area (Å²) in [5.41, 5.74) is 0.140. The first-order valence-corrected chi connectivity index (χ1v) is 9.97. The smallest absolute Gasteiger partial charge is 0.325 e. The van der Waals surface area contributed by atoms with Crippen molar-refractivity contribution >= 4 is 58.4 Å². The van der Waals surface area contributed by atoms with Crippen molar-refractivity contribution in [3.63, 3.8) is 0 Å². The lowest BCUT2D eigenvalue weighted by molar-refractivity contribution is -0.147. The van der Waals surface area contributed by atoms with Gasteiger partial charge in [-0.2, -0.15) is 0 Å². The van der Waals surface area contributed by atoms with Crippen LogP contribution in [-0.2, 0) is 20.7 Å². The van der Waals surface area contributed by atoms with Crippen molar-refractivity contribution in [2.24, 2.45) is 0 Å². The average Bonchev–Trinajstić information content (AvgIpc) is 3.18. The van der Waals surface area contributed by atoms with Crippen molar-refractivity contribution in [2.75, 3.05) is 19.7 Å². The van der Waals surface area contributed by atoms with Crippen molar-refractivity contribution in [1.29, 1.82) is 0 Å². The minimum atomic E-state index is -0.850. The quantitative estimate of drug-likeness (QED) is 0.526. The highest BCUT2D eigenvalue weighted by Crippen LogP contribution is 2.20. The molecule has 0 aliphatic heterocycles. The average molecular weight is 458 g/mol. The van der Waals surface area contributed by atoms with E-state index in [9.17, 15) is 19.2 Å². The maximum atomic E-state index is 12.0. The number of urea groups is 1. The van der Waals surface area contributed by atoms with E-state index in [0.717, 1.165) is 4.88 Å². The number of nitrogens with one attached hydrogen (secondary N) is 3. The summed E-state index contributed by atoms with van der Waals surface area (Å²) in [6, 6.07) is 7.45. The Morgan fingerprint density at radius 3 is 2.55 bits per heavy atom. The van der Waals surface area contributed by atoms with E-state index in [0.29, 0.717) is 18.0 Å². The third-order valence-electron chi connectivity index (χ3n) is 3.42. The molecule has 154 valence electrons. The molecule has 0 unspecified atom stereocenters. The van der Waals surface area contributed by atoms with Gasteiger partial charge in [0.05, 0.1) is 10.6 Å². The molecule has 1 heterocycles. The van der Waals surface area contributed by atoms with E-state index in [2.05, 4.69) is 10.6 Å². The van der Waals surface area contributed by atoms with E-state index in [1.54, 1.807) is 11.3 Å². The second kappa shape index (κ2) is 11.4. The number of hydrogen-bond acceptors (Lipinski definition) is 6. The second-order valence-electron chi connectivity index (χ2n) is 5.60. The molecule has 0 fully saturated rings. The fourth-order valence-corrected chi connectivity index (χ4v) is 3.28. The monoisotopic (exact) mass is 457 g/mol. The molecule has 0 aliphatic rings. The molecule has 0 aliphatic carbocycles. The van der Waals surface area contributed by atoms with E-state index >= 15 is 0 Å². The molecule has 2 aromatic rings. The fraction of sp³-hybridized carbons (Fsp3) is 0.222. The minimum absolute atomic E-state index is 0.132. The standard InChI is InChI=1S/C18H17Cl2N3O5S/c19-11-3-4-13(14(20)8-11)17(26)22-9-16(25)28-10-15(24)23-18(27)21-6-5-12-2-1-7-29-12/h1-4,7-8H,5-6,9-10H2,(H,22,26)(H2,21,23,24,27). The number of amides is 4. The van der Waals surface area contributed by atoms with Gasteiger partial charge in [-0.15, -0.1) is 11.3 Å². The molecule has 0 radical (unpaired) electrons. The van der Waals surface area contributed by atoms with Crippen LogP contribution in [0.3, 0.4) is 0 Å². The molecular weight excluding hydrogens is 441 g/mol. The van der Waals surface area contributed by atoms with Gasteiger partial charge in [0.15, 0.2) is 6.61 Å². The van der Waals surface area contributed by atoms with Crippen LogP contribution in [0.15, 0.2) is 35.7 Å². The number of carbonyl (C=O) groups excluding carboxylic acids is 4. The van der Waals surface area contributed by atoms with Gasteiger partial charge in [-0.3, -0.25) is 19.7 Å². The number of ether oxygens (including phenoxy) is 1. The van der Waals surface area contributed by atoms with Crippen molar-refractivity contribution in [2.45, 2.75) is 6.42 Å². The van der Waals surface area contributed by atoms with Gasteiger partial charge in [0.25, 0.3) is 11.8 Å². The molecule has 4 amide bonds. The number of imide groups is 1. The Morgan fingerprint density at radius 2 is 1.86 bits per heavy atom. The number of rotatable bonds is 8. The number of carbonyl (C=O) groups is 4. The molecule has 1 aromatic carbocycles. The number of hydrogen-bond donors (Lipinski definition) is 3. The molecule has 3 N–H and O–H groups in total. The number of esters is 1. The molecular formula is C18H17Cl2N3O5S. The highest BCUT2D eigenvalue weighted by atomic mass is 35.5. The molecule has 0 spiro atoms. The first-order chi connectivity index (χ1) is 13.8. The van der Waals surface area contributed by atoms with Gasteiger partial charge in [0.1, 0.15) is 6.54 Å². The van der Waals surface area contributed by atoms with E-state index < -0.39 is 37.0 Å². The zero-order valence-corrected chi connectivity index (χ0v) is 17.3. The van der Waals surface area contributed by atoms with E-state index in [1.165, 1.54) is 18.2 Å². The molecule has 2 rings (SSSR count). The van der Waals surface area contributed by atoms with Gasteiger partial charge in [-0.1, -0.05) is 29.3 Å². The molecule has 0 atom stereocenters. The van der Waals surface area contributed by atoms with Crippen LogP contribution in [0.5, 0.6) is 0 Å². The van der Waals surface area contributed by atoms with Crippen LogP contribution in [0.25, 0.3) is 0 Å². The summed E-state index contributed by atoms with van der Waals surface area (Å²) < 4.78 is 4.71. The first kappa shape index (κ1) is 22.7. The zero-order chi connectivity index (χ0) is 21.2. The Hall–Kier alpha value is -2.62. The lowest BCUT2D eigenvalue weighted by Gasteiger charge is -2.08. The van der Waals surface area contributed by atoms with Crippen molar-refractivity contribution in [3.05, 3.63) is 56.2 Å².